The predicted octanol–water partition coefficient (Wildman–Crippen LogP) is 0.445. The number of rotatable bonds is 7. The number of para-hydroxylation sites is 1. The minimum absolute atomic E-state index is 0.0231. The third-order valence-electron chi connectivity index (χ3n) is 10.1. The first-order chi connectivity index (χ1) is 29.3. The zero-order valence-electron chi connectivity index (χ0n) is 33.5. The van der Waals surface area contributed by atoms with Crippen LogP contribution in [0.4, 0.5) is 0 Å². The van der Waals surface area contributed by atoms with Crippen LogP contribution < -0.4 is 36.6 Å². The number of aromatic amines is 2. The molecule has 0 fully saturated rings. The minimum atomic E-state index is -1.31. The molecule has 20 heteroatoms. The fraction of sp³-hybridized carbons (Fsp3) is 0.317. The van der Waals surface area contributed by atoms with Crippen molar-refractivity contribution in [3.8, 4) is 5.75 Å². The average molecular weight is 855 g/mol. The zero-order valence-corrected chi connectivity index (χ0v) is 34.4. The molecule has 1 aliphatic heterocycles. The highest BCUT2D eigenvalue weighted by Crippen LogP contribution is 2.29. The van der Waals surface area contributed by atoms with Crippen LogP contribution in [0.1, 0.15) is 46.0 Å². The van der Waals surface area contributed by atoms with E-state index in [9.17, 15) is 38.7 Å². The van der Waals surface area contributed by atoms with E-state index in [1.54, 1.807) is 31.5 Å². The quantitative estimate of drug-likeness (QED) is 0.102. The van der Waals surface area contributed by atoms with Crippen LogP contribution >= 0.6 is 11.3 Å². The van der Waals surface area contributed by atoms with Crippen molar-refractivity contribution >= 4 is 74.5 Å². The molecule has 0 aliphatic carbocycles. The van der Waals surface area contributed by atoms with Gasteiger partial charge in [0.05, 0.1) is 32.5 Å². The largest absolute Gasteiger partial charge is 0.496 e. The van der Waals surface area contributed by atoms with E-state index < -0.39 is 85.2 Å². The maximum absolute atomic E-state index is 14.5. The van der Waals surface area contributed by atoms with Gasteiger partial charge < -0.3 is 56.6 Å². The number of likely N-dealkylation sites (N-methyl/N-ethyl adjacent to an activating group) is 1. The zero-order chi connectivity index (χ0) is 43.8. The average Bonchev–Trinajstić information content (AvgIpc) is 4.02. The van der Waals surface area contributed by atoms with Crippen LogP contribution in [0.15, 0.2) is 72.5 Å². The summed E-state index contributed by atoms with van der Waals surface area (Å²) in [6, 6.07) is 7.96. The summed E-state index contributed by atoms with van der Waals surface area (Å²) < 4.78 is 5.59. The molecule has 0 saturated heterocycles. The summed E-state index contributed by atoms with van der Waals surface area (Å²) in [6.07, 6.45) is 3.39. The standard InChI is InChI=1S/C41H46N10O9S/c1-5-25-37(56)45-21(2)41(59)51(3)18-34(54)47-30(19-52)40-50-31(20-61-40)39(58)49-29(13-22-15-42-26-10-7-6-9-24(22)26)38(57)48-28(36(55)44-17-33(53)46-25)14-23-16-43-27-11-8-12-32(60-4)35(23)27/h6-12,15-16,20,25,28-30,42-43,52H,2,5,13-14,17-19H2,1,3-4H3,(H,44,55)(H,45,56)(H,46,53)(H,47,54)(H,48,57)(H,49,58). The van der Waals surface area contributed by atoms with Crippen molar-refractivity contribution in [1.29, 1.82) is 0 Å². The fourth-order valence-corrected chi connectivity index (χ4v) is 7.73. The number of ether oxygens (including phenoxy) is 1. The lowest BCUT2D eigenvalue weighted by molar-refractivity contribution is -0.134. The lowest BCUT2D eigenvalue weighted by Gasteiger charge is -2.24. The predicted molar refractivity (Wildman–Crippen MR) is 224 cm³/mol. The lowest BCUT2D eigenvalue weighted by Crippen LogP contribution is -2.56. The molecule has 4 unspecified atom stereocenters. The van der Waals surface area contributed by atoms with Crippen molar-refractivity contribution in [3.05, 3.63) is 94.3 Å². The molecular weight excluding hydrogens is 809 g/mol. The van der Waals surface area contributed by atoms with E-state index >= 15 is 0 Å². The fourth-order valence-electron chi connectivity index (χ4n) is 6.89. The van der Waals surface area contributed by atoms with Gasteiger partial charge in [0.25, 0.3) is 11.8 Å². The molecule has 1 aliphatic rings. The van der Waals surface area contributed by atoms with E-state index in [0.29, 0.717) is 27.8 Å². The number of carbonyl (C=O) groups is 7. The summed E-state index contributed by atoms with van der Waals surface area (Å²) >= 11 is 0.975. The molecule has 0 saturated carbocycles. The molecule has 0 spiro atoms. The number of aromatic nitrogens is 3. The van der Waals surface area contributed by atoms with Crippen LogP contribution in [-0.4, -0.2) is 118 Å². The van der Waals surface area contributed by atoms with Gasteiger partial charge in [-0.05, 0) is 35.7 Å². The first-order valence-corrected chi connectivity index (χ1v) is 20.1. The molecule has 61 heavy (non-hydrogen) atoms. The Bertz CT molecular complexity index is 2490. The van der Waals surface area contributed by atoms with Gasteiger partial charge in [0.2, 0.25) is 29.5 Å². The van der Waals surface area contributed by atoms with Gasteiger partial charge >= 0.3 is 0 Å². The molecule has 0 radical (unpaired) electrons. The van der Waals surface area contributed by atoms with E-state index in [1.165, 1.54) is 19.5 Å². The molecule has 5 aromatic rings. The van der Waals surface area contributed by atoms with E-state index in [4.69, 9.17) is 4.74 Å². The molecule has 9 N–H and O–H groups in total. The van der Waals surface area contributed by atoms with E-state index in [2.05, 4.69) is 53.4 Å². The van der Waals surface area contributed by atoms with Crippen molar-refractivity contribution in [2.45, 2.75) is 50.4 Å². The smallest absolute Gasteiger partial charge is 0.271 e. The number of hydrogen-bond acceptors (Lipinski definition) is 11. The molecule has 4 atom stereocenters. The second-order valence-electron chi connectivity index (χ2n) is 14.3. The Kier molecular flexibility index (Phi) is 13.8. The lowest BCUT2D eigenvalue weighted by atomic mass is 10.0. The van der Waals surface area contributed by atoms with Crippen LogP contribution in [-0.2, 0) is 41.6 Å². The monoisotopic (exact) mass is 854 g/mol. The summed E-state index contributed by atoms with van der Waals surface area (Å²) in [6.45, 7) is 3.52. The van der Waals surface area contributed by atoms with Crippen LogP contribution in [0.2, 0.25) is 0 Å². The Morgan fingerprint density at radius 2 is 1.51 bits per heavy atom. The summed E-state index contributed by atoms with van der Waals surface area (Å²) in [4.78, 5) is 106. The van der Waals surface area contributed by atoms with Crippen molar-refractivity contribution in [3.63, 3.8) is 0 Å². The van der Waals surface area contributed by atoms with E-state index in [1.807, 2.05) is 30.3 Å². The number of aliphatic hydroxyl groups is 1. The summed E-state index contributed by atoms with van der Waals surface area (Å²) in [5.74, 6) is -4.74. The van der Waals surface area contributed by atoms with Gasteiger partial charge in [-0.2, -0.15) is 0 Å². The SMILES string of the molecule is C=C1NC(=O)C(CC)NC(=O)CNC(=O)C(Cc2c[nH]c3cccc(OC)c23)NC(=O)C(Cc2c[nH]c3ccccc23)NC(=O)c2csc(n2)C(CO)NC(=O)CN(C)C1=O. The van der Waals surface area contributed by atoms with Crippen LogP contribution in [0.3, 0.4) is 0 Å². The Balaban J connectivity index is 1.36. The van der Waals surface area contributed by atoms with Gasteiger partial charge in [0.1, 0.15) is 40.6 Å². The Morgan fingerprint density at radius 3 is 2.26 bits per heavy atom. The highest BCUT2D eigenvalue weighted by atomic mass is 32.1. The molecule has 2 aromatic carbocycles. The van der Waals surface area contributed by atoms with Gasteiger partial charge in [-0.3, -0.25) is 33.6 Å². The first-order valence-electron chi connectivity index (χ1n) is 19.3. The van der Waals surface area contributed by atoms with Crippen LogP contribution in [0, 0.1) is 0 Å². The van der Waals surface area contributed by atoms with Crippen molar-refractivity contribution in [1.82, 2.24) is 51.8 Å². The number of nitrogens with zero attached hydrogens (tertiary/aromatic N) is 2. The summed E-state index contributed by atoms with van der Waals surface area (Å²) in [5.41, 5.74) is 2.30. The number of methoxy groups -OCH3 is 1. The minimum Gasteiger partial charge on any atom is -0.496 e. The molecule has 3 aromatic heterocycles. The summed E-state index contributed by atoms with van der Waals surface area (Å²) in [5, 5.41) is 28.8. The maximum Gasteiger partial charge on any atom is 0.271 e. The maximum atomic E-state index is 14.5. The van der Waals surface area contributed by atoms with Crippen molar-refractivity contribution in [2.75, 3.05) is 33.9 Å². The van der Waals surface area contributed by atoms with Gasteiger partial charge in [-0.25, -0.2) is 4.98 Å². The van der Waals surface area contributed by atoms with Gasteiger partial charge in [-0.1, -0.05) is 37.8 Å². The van der Waals surface area contributed by atoms with Gasteiger partial charge in [-0.15, -0.1) is 11.3 Å². The third kappa shape index (κ3) is 10.2. The Morgan fingerprint density at radius 1 is 0.820 bits per heavy atom. The van der Waals surface area contributed by atoms with Gasteiger partial charge in [0.15, 0.2) is 0 Å². The second kappa shape index (κ2) is 19.3. The van der Waals surface area contributed by atoms with Crippen LogP contribution in [0.5, 0.6) is 5.75 Å². The molecule has 4 heterocycles. The van der Waals surface area contributed by atoms with Gasteiger partial charge in [0, 0.05) is 59.5 Å². The summed E-state index contributed by atoms with van der Waals surface area (Å²) in [7, 11) is 2.81. The first kappa shape index (κ1) is 43.5. The number of hydrogen-bond donors (Lipinski definition) is 9. The van der Waals surface area contributed by atoms with Crippen molar-refractivity contribution in [2.24, 2.45) is 0 Å². The number of H-pyrrole nitrogens is 2. The highest BCUT2D eigenvalue weighted by Gasteiger charge is 2.31. The molecule has 320 valence electrons. The second-order valence-corrected chi connectivity index (χ2v) is 15.2. The molecule has 2 bridgehead atoms. The number of benzene rings is 2. The molecule has 7 amide bonds. The number of carbonyl (C=O) groups excluding carboxylic acids is 7. The number of amides is 7. The normalized spacial score (nSPS) is 20.6. The Hall–Kier alpha value is -7.06. The van der Waals surface area contributed by atoms with Crippen LogP contribution in [0.25, 0.3) is 21.8 Å². The number of nitrogens with one attached hydrogen (secondary N) is 8. The molecule has 19 nitrogen and oxygen atoms in total. The molecular formula is C41H46N10O9S. The Labute approximate surface area is 353 Å². The third-order valence-corrected chi connectivity index (χ3v) is 11.0. The van der Waals surface area contributed by atoms with Crippen molar-refractivity contribution < 1.29 is 43.4 Å². The molecule has 6 rings (SSSR count). The highest BCUT2D eigenvalue weighted by molar-refractivity contribution is 7.10. The van der Waals surface area contributed by atoms with E-state index in [-0.39, 0.29) is 35.7 Å². The number of aliphatic hydroxyl groups excluding tert-OH is 1. The number of thiazole rings is 1. The topological polar surface area (TPSA) is 269 Å². The number of fused-ring (bicyclic) bond motifs is 4. The van der Waals surface area contributed by atoms with E-state index in [0.717, 1.165) is 27.1 Å².